The van der Waals surface area contributed by atoms with Crippen molar-refractivity contribution >= 4 is 17.4 Å². The Kier molecular flexibility index (Phi) is 50.4. The highest BCUT2D eigenvalue weighted by atomic mass is 35.5. The van der Waals surface area contributed by atoms with Gasteiger partial charge in [-0.2, -0.15) is 12.8 Å². The SMILES string of the molecule is [Al].[CH2-]CCCCC.[CH2-]CCCCC.[Cl-]. The smallest absolute Gasteiger partial charge is 0 e. The van der Waals surface area contributed by atoms with Crippen molar-refractivity contribution in [3.63, 3.8) is 0 Å². The van der Waals surface area contributed by atoms with Crippen LogP contribution in [-0.4, -0.2) is 17.4 Å². The zero-order chi connectivity index (χ0) is 9.66. The minimum atomic E-state index is 0. The lowest BCUT2D eigenvalue weighted by Crippen LogP contribution is -3.00. The summed E-state index contributed by atoms with van der Waals surface area (Å²) in [5.74, 6) is 0. The van der Waals surface area contributed by atoms with Gasteiger partial charge in [0, 0.05) is 17.4 Å². The lowest BCUT2D eigenvalue weighted by molar-refractivity contribution is -0.00000301. The van der Waals surface area contributed by atoms with Crippen molar-refractivity contribution < 1.29 is 12.4 Å². The molecule has 0 saturated heterocycles. The Hall–Kier alpha value is 0.822. The molecule has 0 saturated carbocycles. The first kappa shape index (κ1) is 24.2. The maximum atomic E-state index is 3.72. The van der Waals surface area contributed by atoms with Crippen molar-refractivity contribution in [1.82, 2.24) is 0 Å². The molecule has 2 heteroatoms. The Morgan fingerprint density at radius 1 is 0.714 bits per heavy atom. The molecule has 0 aromatic carbocycles. The Morgan fingerprint density at radius 2 is 1.00 bits per heavy atom. The van der Waals surface area contributed by atoms with Gasteiger partial charge in [-0.1, -0.05) is 52.4 Å². The number of hydrogen-bond donors (Lipinski definition) is 0. The van der Waals surface area contributed by atoms with Crippen LogP contribution in [0.25, 0.3) is 0 Å². The molecule has 0 heterocycles. The number of halogens is 1. The molecule has 0 unspecified atom stereocenters. The van der Waals surface area contributed by atoms with E-state index in [1.54, 1.807) is 0 Å². The highest BCUT2D eigenvalue weighted by molar-refractivity contribution is 5.75. The highest BCUT2D eigenvalue weighted by Crippen LogP contribution is 1.95. The maximum absolute atomic E-state index is 3.72. The number of rotatable bonds is 6. The van der Waals surface area contributed by atoms with Gasteiger partial charge in [0.1, 0.15) is 0 Å². The first-order chi connectivity index (χ1) is 5.83. The lowest BCUT2D eigenvalue weighted by atomic mass is 10.2. The van der Waals surface area contributed by atoms with Crippen LogP contribution in [0.1, 0.15) is 65.2 Å². The molecular formula is C12H26AlCl-3. The van der Waals surface area contributed by atoms with Crippen molar-refractivity contribution in [2.24, 2.45) is 0 Å². The molecule has 0 bridgehead atoms. The van der Waals surface area contributed by atoms with Crippen LogP contribution in [-0.2, 0) is 0 Å². The van der Waals surface area contributed by atoms with E-state index in [0.29, 0.717) is 0 Å². The van der Waals surface area contributed by atoms with Crippen molar-refractivity contribution in [2.75, 3.05) is 0 Å². The molecule has 0 N–H and O–H groups in total. The van der Waals surface area contributed by atoms with Gasteiger partial charge in [0.05, 0.1) is 0 Å². The summed E-state index contributed by atoms with van der Waals surface area (Å²) in [6.45, 7) is 11.9. The fourth-order valence-corrected chi connectivity index (χ4v) is 0.854. The van der Waals surface area contributed by atoms with Crippen molar-refractivity contribution in [3.05, 3.63) is 13.8 Å². The lowest BCUT2D eigenvalue weighted by Gasteiger charge is -1.91. The second-order valence-electron chi connectivity index (χ2n) is 3.12. The molecule has 14 heavy (non-hydrogen) atoms. The standard InChI is InChI=1S/2C6H13.Al.ClH/c2*1-3-5-6-4-2;;/h2*1,3-6H2,2H3;;1H/q2*-1;;/p-1. The van der Waals surface area contributed by atoms with Crippen molar-refractivity contribution in [3.8, 4) is 0 Å². The molecule has 0 nitrogen and oxygen atoms in total. The van der Waals surface area contributed by atoms with Crippen LogP contribution in [0.3, 0.4) is 0 Å². The van der Waals surface area contributed by atoms with Crippen LogP contribution in [0.5, 0.6) is 0 Å². The zero-order valence-electron chi connectivity index (χ0n) is 10.0. The minimum Gasteiger partial charge on any atom is -1.00 e. The molecule has 87 valence electrons. The third kappa shape index (κ3) is 38.5. The summed E-state index contributed by atoms with van der Waals surface area (Å²) < 4.78 is 0. The topological polar surface area (TPSA) is 0 Å². The summed E-state index contributed by atoms with van der Waals surface area (Å²) in [6, 6.07) is 0. The Bertz CT molecular complexity index is 42.3. The van der Waals surface area contributed by atoms with Gasteiger partial charge in [0.2, 0.25) is 0 Å². The first-order valence-electron chi connectivity index (χ1n) is 5.41. The molecule has 0 rings (SSSR count). The molecule has 3 radical (unpaired) electrons. The normalized spacial score (nSPS) is 7.71. The van der Waals surface area contributed by atoms with Crippen molar-refractivity contribution in [1.29, 1.82) is 0 Å². The summed E-state index contributed by atoms with van der Waals surface area (Å²) in [7, 11) is 0. The monoisotopic (exact) mass is 232 g/mol. The van der Waals surface area contributed by atoms with Crippen molar-refractivity contribution in [2.45, 2.75) is 65.2 Å². The van der Waals surface area contributed by atoms with E-state index in [9.17, 15) is 0 Å². The largest absolute Gasteiger partial charge is 1.00 e. The van der Waals surface area contributed by atoms with Gasteiger partial charge in [0.15, 0.2) is 0 Å². The maximum Gasteiger partial charge on any atom is 0 e. The van der Waals surface area contributed by atoms with Gasteiger partial charge in [-0.25, -0.2) is 0 Å². The molecule has 0 fully saturated rings. The minimum absolute atomic E-state index is 0. The third-order valence-electron chi connectivity index (χ3n) is 1.71. The molecule has 0 aliphatic heterocycles. The van der Waals surface area contributed by atoms with Crippen LogP contribution < -0.4 is 12.4 Å². The van der Waals surface area contributed by atoms with Gasteiger partial charge < -0.3 is 26.3 Å². The van der Waals surface area contributed by atoms with E-state index in [1.807, 2.05) is 0 Å². The Balaban J connectivity index is -0.0000000625. The zero-order valence-corrected chi connectivity index (χ0v) is 11.9. The first-order valence-corrected chi connectivity index (χ1v) is 5.41. The summed E-state index contributed by atoms with van der Waals surface area (Å²) >= 11 is 0. The van der Waals surface area contributed by atoms with Crippen LogP contribution in [0.2, 0.25) is 0 Å². The summed E-state index contributed by atoms with van der Waals surface area (Å²) in [4.78, 5) is 0. The van der Waals surface area contributed by atoms with Gasteiger partial charge in [0.25, 0.3) is 0 Å². The quantitative estimate of drug-likeness (QED) is 0.369. The van der Waals surface area contributed by atoms with E-state index in [1.165, 1.54) is 38.5 Å². The van der Waals surface area contributed by atoms with Crippen LogP contribution in [0, 0.1) is 13.8 Å². The molecule has 0 atom stereocenters. The third-order valence-corrected chi connectivity index (χ3v) is 1.71. The van der Waals surface area contributed by atoms with E-state index in [0.717, 1.165) is 12.8 Å². The molecular weight excluding hydrogens is 207 g/mol. The van der Waals surface area contributed by atoms with Crippen LogP contribution in [0.4, 0.5) is 0 Å². The fourth-order valence-electron chi connectivity index (χ4n) is 0.854. The second kappa shape index (κ2) is 29.2. The van der Waals surface area contributed by atoms with Gasteiger partial charge in [-0.05, 0) is 0 Å². The number of unbranched alkanes of at least 4 members (excludes halogenated alkanes) is 6. The van der Waals surface area contributed by atoms with Gasteiger partial charge in [-0.15, -0.1) is 0 Å². The predicted octanol–water partition coefficient (Wildman–Crippen LogP) is 1.42. The van der Waals surface area contributed by atoms with E-state index >= 15 is 0 Å². The number of hydrogen-bond acceptors (Lipinski definition) is 0. The van der Waals surface area contributed by atoms with Gasteiger partial charge in [-0.3, -0.25) is 0 Å². The van der Waals surface area contributed by atoms with E-state index < -0.39 is 0 Å². The molecule has 0 amide bonds. The Morgan fingerprint density at radius 3 is 1.07 bits per heavy atom. The highest BCUT2D eigenvalue weighted by Gasteiger charge is 1.72. The summed E-state index contributed by atoms with van der Waals surface area (Å²) in [6.07, 6.45) is 10.1. The molecule has 0 spiro atoms. The molecule has 0 aromatic rings. The average Bonchev–Trinajstić information content (AvgIpc) is 2.12. The van der Waals surface area contributed by atoms with Crippen LogP contribution in [0.15, 0.2) is 0 Å². The second-order valence-corrected chi connectivity index (χ2v) is 3.12. The molecule has 0 aromatic heterocycles. The summed E-state index contributed by atoms with van der Waals surface area (Å²) in [5.41, 5.74) is 0. The predicted molar refractivity (Wildman–Crippen MR) is 64.8 cm³/mol. The van der Waals surface area contributed by atoms with Crippen LogP contribution >= 0.6 is 0 Å². The van der Waals surface area contributed by atoms with E-state index in [2.05, 4.69) is 27.7 Å². The summed E-state index contributed by atoms with van der Waals surface area (Å²) in [5, 5.41) is 0. The molecule has 0 aliphatic rings. The van der Waals surface area contributed by atoms with Gasteiger partial charge >= 0.3 is 0 Å². The fraction of sp³-hybridized carbons (Fsp3) is 0.833. The average molecular weight is 233 g/mol. The van der Waals surface area contributed by atoms with E-state index in [-0.39, 0.29) is 29.8 Å². The molecule has 0 aliphatic carbocycles. The Labute approximate surface area is 109 Å². The van der Waals surface area contributed by atoms with E-state index in [4.69, 9.17) is 0 Å².